The van der Waals surface area contributed by atoms with E-state index in [0.717, 1.165) is 11.5 Å². The standard InChI is InChI=1S/C20H22N6O3S/c1-3-25-18(12-21-15-6-4-14(2)5-7-15)23-24-20(25)30-13-19(27)22-16-8-10-17(11-9-16)26(28)29/h4-11,21H,3,12-13H2,1-2H3,(H,22,27). The molecule has 10 heteroatoms. The number of rotatable bonds is 9. The Bertz CT molecular complexity index is 1020. The highest BCUT2D eigenvalue weighted by molar-refractivity contribution is 7.99. The van der Waals surface area contributed by atoms with Crippen molar-refractivity contribution in [2.75, 3.05) is 16.4 Å². The van der Waals surface area contributed by atoms with Crippen molar-refractivity contribution in [2.24, 2.45) is 0 Å². The molecule has 0 saturated carbocycles. The largest absolute Gasteiger partial charge is 0.378 e. The fourth-order valence-electron chi connectivity index (χ4n) is 2.72. The molecule has 1 aromatic heterocycles. The summed E-state index contributed by atoms with van der Waals surface area (Å²) < 4.78 is 1.96. The Labute approximate surface area is 178 Å². The molecule has 0 saturated heterocycles. The Morgan fingerprint density at radius 3 is 2.40 bits per heavy atom. The van der Waals surface area contributed by atoms with E-state index in [1.54, 1.807) is 0 Å². The summed E-state index contributed by atoms with van der Waals surface area (Å²) in [6, 6.07) is 13.8. The van der Waals surface area contributed by atoms with Crippen LogP contribution in [-0.2, 0) is 17.9 Å². The van der Waals surface area contributed by atoms with Gasteiger partial charge >= 0.3 is 0 Å². The van der Waals surface area contributed by atoms with Crippen LogP contribution in [0.3, 0.4) is 0 Å². The Morgan fingerprint density at radius 1 is 1.10 bits per heavy atom. The Kier molecular flexibility index (Phi) is 7.02. The number of carbonyl (C=O) groups is 1. The van der Waals surface area contributed by atoms with Crippen molar-refractivity contribution in [3.8, 4) is 0 Å². The number of amides is 1. The summed E-state index contributed by atoms with van der Waals surface area (Å²) in [6.07, 6.45) is 0. The molecule has 156 valence electrons. The van der Waals surface area contributed by atoms with Gasteiger partial charge in [-0.3, -0.25) is 14.9 Å². The number of non-ortho nitro benzene ring substituents is 1. The van der Waals surface area contributed by atoms with Gasteiger partial charge in [-0.15, -0.1) is 10.2 Å². The van der Waals surface area contributed by atoms with Crippen LogP contribution in [0.1, 0.15) is 18.3 Å². The van der Waals surface area contributed by atoms with Gasteiger partial charge in [0, 0.05) is 30.1 Å². The van der Waals surface area contributed by atoms with Crippen LogP contribution < -0.4 is 10.6 Å². The van der Waals surface area contributed by atoms with Crippen LogP contribution in [0.2, 0.25) is 0 Å². The third-order valence-corrected chi connectivity index (χ3v) is 5.27. The maximum Gasteiger partial charge on any atom is 0.269 e. The zero-order chi connectivity index (χ0) is 21.5. The van der Waals surface area contributed by atoms with Crippen molar-refractivity contribution in [1.29, 1.82) is 0 Å². The average Bonchev–Trinajstić information content (AvgIpc) is 3.14. The van der Waals surface area contributed by atoms with E-state index in [1.807, 2.05) is 42.7 Å². The lowest BCUT2D eigenvalue weighted by Gasteiger charge is -2.09. The number of benzene rings is 2. The van der Waals surface area contributed by atoms with E-state index in [-0.39, 0.29) is 17.3 Å². The Balaban J connectivity index is 1.55. The second kappa shape index (κ2) is 9.88. The number of nitrogens with one attached hydrogen (secondary N) is 2. The zero-order valence-electron chi connectivity index (χ0n) is 16.7. The van der Waals surface area contributed by atoms with Crippen LogP contribution in [0.25, 0.3) is 0 Å². The third kappa shape index (κ3) is 5.57. The van der Waals surface area contributed by atoms with Gasteiger partial charge in [0.05, 0.1) is 17.2 Å². The van der Waals surface area contributed by atoms with Crippen LogP contribution in [0, 0.1) is 17.0 Å². The van der Waals surface area contributed by atoms with Crippen LogP contribution in [-0.4, -0.2) is 31.3 Å². The molecule has 3 rings (SSSR count). The average molecular weight is 427 g/mol. The van der Waals surface area contributed by atoms with Gasteiger partial charge in [-0.05, 0) is 38.1 Å². The van der Waals surface area contributed by atoms with E-state index in [9.17, 15) is 14.9 Å². The Hall–Kier alpha value is -3.40. The number of carbonyl (C=O) groups excluding carboxylic acids is 1. The van der Waals surface area contributed by atoms with Gasteiger partial charge in [0.1, 0.15) is 0 Å². The first kappa shape index (κ1) is 21.3. The lowest BCUT2D eigenvalue weighted by Crippen LogP contribution is -2.15. The topological polar surface area (TPSA) is 115 Å². The molecule has 0 aliphatic carbocycles. The van der Waals surface area contributed by atoms with Crippen molar-refractivity contribution in [3.05, 3.63) is 70.0 Å². The minimum absolute atomic E-state index is 0.0230. The minimum atomic E-state index is -0.482. The first-order chi connectivity index (χ1) is 14.5. The summed E-state index contributed by atoms with van der Waals surface area (Å²) in [5.74, 6) is 0.718. The molecule has 1 amide bonds. The SMILES string of the molecule is CCn1c(CNc2ccc(C)cc2)nnc1SCC(=O)Nc1ccc([N+](=O)[O-])cc1. The highest BCUT2D eigenvalue weighted by Crippen LogP contribution is 2.20. The van der Waals surface area contributed by atoms with Gasteiger partial charge in [-0.1, -0.05) is 29.5 Å². The number of thioether (sulfide) groups is 1. The summed E-state index contributed by atoms with van der Waals surface area (Å²) in [5.41, 5.74) is 2.68. The zero-order valence-corrected chi connectivity index (χ0v) is 17.5. The molecule has 0 aliphatic heterocycles. The van der Waals surface area contributed by atoms with E-state index in [0.29, 0.717) is 23.9 Å². The number of hydrogen-bond acceptors (Lipinski definition) is 7. The van der Waals surface area contributed by atoms with E-state index in [1.165, 1.54) is 41.6 Å². The summed E-state index contributed by atoms with van der Waals surface area (Å²) >= 11 is 1.29. The second-order valence-electron chi connectivity index (χ2n) is 6.50. The highest BCUT2D eigenvalue weighted by Gasteiger charge is 2.13. The van der Waals surface area contributed by atoms with Gasteiger partial charge in [0.25, 0.3) is 5.69 Å². The van der Waals surface area contributed by atoms with Crippen LogP contribution in [0.5, 0.6) is 0 Å². The van der Waals surface area contributed by atoms with Crippen molar-refractivity contribution in [1.82, 2.24) is 14.8 Å². The minimum Gasteiger partial charge on any atom is -0.378 e. The van der Waals surface area contributed by atoms with Crippen molar-refractivity contribution in [2.45, 2.75) is 32.1 Å². The molecule has 0 spiro atoms. The predicted octanol–water partition coefficient (Wildman–Crippen LogP) is 3.86. The number of nitro benzene ring substituents is 1. The number of anilines is 2. The fourth-order valence-corrected chi connectivity index (χ4v) is 3.54. The maximum atomic E-state index is 12.2. The molecule has 0 fully saturated rings. The number of aromatic nitrogens is 3. The predicted molar refractivity (Wildman–Crippen MR) is 117 cm³/mol. The third-order valence-electron chi connectivity index (χ3n) is 4.31. The smallest absolute Gasteiger partial charge is 0.269 e. The van der Waals surface area contributed by atoms with Crippen molar-refractivity contribution < 1.29 is 9.72 Å². The number of aryl methyl sites for hydroxylation is 1. The molecule has 1 heterocycles. The van der Waals surface area contributed by atoms with Crippen LogP contribution >= 0.6 is 11.8 Å². The molecule has 0 atom stereocenters. The van der Waals surface area contributed by atoms with Gasteiger partial charge in [-0.2, -0.15) is 0 Å². The van der Waals surface area contributed by atoms with Gasteiger partial charge in [0.15, 0.2) is 11.0 Å². The number of nitrogens with zero attached hydrogens (tertiary/aromatic N) is 4. The molecule has 2 aromatic carbocycles. The molecular weight excluding hydrogens is 404 g/mol. The molecule has 0 bridgehead atoms. The van der Waals surface area contributed by atoms with E-state index < -0.39 is 4.92 Å². The fraction of sp³-hybridized carbons (Fsp3) is 0.250. The highest BCUT2D eigenvalue weighted by atomic mass is 32.2. The summed E-state index contributed by atoms with van der Waals surface area (Å²) in [7, 11) is 0. The molecule has 3 aromatic rings. The summed E-state index contributed by atoms with van der Waals surface area (Å²) in [5, 5.41) is 25.9. The molecule has 0 unspecified atom stereocenters. The van der Waals surface area contributed by atoms with Gasteiger partial charge < -0.3 is 15.2 Å². The normalized spacial score (nSPS) is 10.6. The lowest BCUT2D eigenvalue weighted by atomic mass is 10.2. The first-order valence-electron chi connectivity index (χ1n) is 9.36. The second-order valence-corrected chi connectivity index (χ2v) is 7.45. The van der Waals surface area contributed by atoms with Gasteiger partial charge in [0.2, 0.25) is 5.91 Å². The molecule has 9 nitrogen and oxygen atoms in total. The monoisotopic (exact) mass is 426 g/mol. The molecular formula is C20H22N6O3S. The van der Waals surface area contributed by atoms with Gasteiger partial charge in [-0.25, -0.2) is 0 Å². The molecule has 30 heavy (non-hydrogen) atoms. The first-order valence-corrected chi connectivity index (χ1v) is 10.3. The summed E-state index contributed by atoms with van der Waals surface area (Å²) in [4.78, 5) is 22.4. The number of nitro groups is 1. The van der Waals surface area contributed by atoms with E-state index in [4.69, 9.17) is 0 Å². The van der Waals surface area contributed by atoms with Crippen molar-refractivity contribution in [3.63, 3.8) is 0 Å². The van der Waals surface area contributed by atoms with E-state index >= 15 is 0 Å². The Morgan fingerprint density at radius 2 is 1.77 bits per heavy atom. The summed E-state index contributed by atoms with van der Waals surface area (Å²) in [6.45, 7) is 5.25. The molecule has 2 N–H and O–H groups in total. The van der Waals surface area contributed by atoms with Crippen LogP contribution in [0.4, 0.5) is 17.1 Å². The number of hydrogen-bond donors (Lipinski definition) is 2. The van der Waals surface area contributed by atoms with Crippen molar-refractivity contribution >= 4 is 34.7 Å². The molecule has 0 aliphatic rings. The lowest BCUT2D eigenvalue weighted by molar-refractivity contribution is -0.384. The van der Waals surface area contributed by atoms with Crippen LogP contribution in [0.15, 0.2) is 53.7 Å². The van der Waals surface area contributed by atoms with E-state index in [2.05, 4.69) is 20.8 Å². The molecule has 0 radical (unpaired) electrons. The quantitative estimate of drug-likeness (QED) is 0.303. The maximum absolute atomic E-state index is 12.2.